The summed E-state index contributed by atoms with van der Waals surface area (Å²) in [6.45, 7) is 0.554. The first-order valence-corrected chi connectivity index (χ1v) is 4.25. The van der Waals surface area contributed by atoms with E-state index in [1.807, 2.05) is 24.3 Å². The van der Waals surface area contributed by atoms with E-state index >= 15 is 0 Å². The molecule has 0 aliphatic heterocycles. The Morgan fingerprint density at radius 3 is 2.92 bits per heavy atom. The van der Waals surface area contributed by atoms with Crippen LogP contribution in [-0.2, 0) is 6.42 Å². The number of aliphatic hydroxyl groups is 1. The minimum Gasteiger partial charge on any atom is -0.396 e. The zero-order valence-corrected chi connectivity index (χ0v) is 7.46. The van der Waals surface area contributed by atoms with Crippen LogP contribution >= 0.6 is 0 Å². The Morgan fingerprint density at radius 2 is 2.23 bits per heavy atom. The van der Waals surface area contributed by atoms with Crippen LogP contribution < -0.4 is 5.73 Å². The number of hydrogen-bond donors (Lipinski definition) is 2. The normalized spacial score (nSPS) is 9.08. The SMILES string of the molecule is NCC#Cc1cccc(CCO)c1. The van der Waals surface area contributed by atoms with E-state index in [0.29, 0.717) is 13.0 Å². The third-order valence-electron chi connectivity index (χ3n) is 1.66. The average Bonchev–Trinajstić information content (AvgIpc) is 2.16. The molecule has 0 fully saturated rings. The van der Waals surface area contributed by atoms with Gasteiger partial charge in [-0.15, -0.1) is 0 Å². The van der Waals surface area contributed by atoms with Crippen molar-refractivity contribution in [3.05, 3.63) is 35.4 Å². The Bertz CT molecular complexity index is 322. The third-order valence-corrected chi connectivity index (χ3v) is 1.66. The van der Waals surface area contributed by atoms with Crippen molar-refractivity contribution >= 4 is 0 Å². The van der Waals surface area contributed by atoms with Crippen molar-refractivity contribution in [1.82, 2.24) is 0 Å². The Morgan fingerprint density at radius 1 is 1.38 bits per heavy atom. The molecular weight excluding hydrogens is 162 g/mol. The molecule has 13 heavy (non-hydrogen) atoms. The lowest BCUT2D eigenvalue weighted by Crippen LogP contribution is -1.93. The molecule has 0 aromatic heterocycles. The van der Waals surface area contributed by atoms with Crippen LogP contribution in [0.25, 0.3) is 0 Å². The molecule has 1 aromatic rings. The molecule has 0 saturated carbocycles. The van der Waals surface area contributed by atoms with Crippen LogP contribution in [0.5, 0.6) is 0 Å². The van der Waals surface area contributed by atoms with Crippen molar-refractivity contribution < 1.29 is 5.11 Å². The first-order chi connectivity index (χ1) is 6.36. The van der Waals surface area contributed by atoms with Crippen LogP contribution in [0.1, 0.15) is 11.1 Å². The first kappa shape index (κ1) is 9.79. The summed E-state index contributed by atoms with van der Waals surface area (Å²) in [5.41, 5.74) is 7.32. The van der Waals surface area contributed by atoms with Gasteiger partial charge in [-0.1, -0.05) is 24.0 Å². The second kappa shape index (κ2) is 5.36. The molecular formula is C11H13NO. The Hall–Kier alpha value is -1.30. The molecule has 0 bridgehead atoms. The van der Waals surface area contributed by atoms with Crippen molar-refractivity contribution in [2.75, 3.05) is 13.2 Å². The maximum absolute atomic E-state index is 8.73. The van der Waals surface area contributed by atoms with Gasteiger partial charge >= 0.3 is 0 Å². The molecule has 0 aliphatic carbocycles. The summed E-state index contributed by atoms with van der Waals surface area (Å²) in [6, 6.07) is 7.82. The lowest BCUT2D eigenvalue weighted by molar-refractivity contribution is 0.299. The highest BCUT2D eigenvalue weighted by molar-refractivity contribution is 5.37. The van der Waals surface area contributed by atoms with Gasteiger partial charge in [-0.05, 0) is 24.1 Å². The second-order valence-electron chi connectivity index (χ2n) is 2.68. The minimum absolute atomic E-state index is 0.174. The summed E-state index contributed by atoms with van der Waals surface area (Å²) in [5.74, 6) is 5.74. The van der Waals surface area contributed by atoms with E-state index in [-0.39, 0.29) is 6.61 Å². The molecule has 2 nitrogen and oxygen atoms in total. The zero-order valence-electron chi connectivity index (χ0n) is 7.46. The highest BCUT2D eigenvalue weighted by Gasteiger charge is 1.91. The van der Waals surface area contributed by atoms with E-state index in [1.54, 1.807) is 0 Å². The molecule has 0 radical (unpaired) electrons. The minimum atomic E-state index is 0.174. The summed E-state index contributed by atoms with van der Waals surface area (Å²) >= 11 is 0. The van der Waals surface area contributed by atoms with Gasteiger partial charge in [0, 0.05) is 12.2 Å². The molecule has 0 amide bonds. The molecule has 0 aliphatic rings. The van der Waals surface area contributed by atoms with Gasteiger partial charge in [-0.2, -0.15) is 0 Å². The van der Waals surface area contributed by atoms with Gasteiger partial charge in [0.05, 0.1) is 6.54 Å². The van der Waals surface area contributed by atoms with Gasteiger partial charge in [0.15, 0.2) is 0 Å². The predicted octanol–water partition coefficient (Wildman–Crippen LogP) is 0.532. The van der Waals surface area contributed by atoms with E-state index < -0.39 is 0 Å². The molecule has 1 aromatic carbocycles. The number of nitrogens with two attached hydrogens (primary N) is 1. The Balaban J connectivity index is 2.79. The van der Waals surface area contributed by atoms with Gasteiger partial charge < -0.3 is 10.8 Å². The maximum atomic E-state index is 8.73. The summed E-state index contributed by atoms with van der Waals surface area (Å²) in [4.78, 5) is 0. The third kappa shape index (κ3) is 3.29. The fourth-order valence-electron chi connectivity index (χ4n) is 1.09. The highest BCUT2D eigenvalue weighted by Crippen LogP contribution is 2.04. The number of hydrogen-bond acceptors (Lipinski definition) is 2. The quantitative estimate of drug-likeness (QED) is 0.644. The number of aliphatic hydroxyl groups excluding tert-OH is 1. The molecule has 0 heterocycles. The summed E-state index contributed by atoms with van der Waals surface area (Å²) in [5, 5.41) is 8.73. The fraction of sp³-hybridized carbons (Fsp3) is 0.273. The lowest BCUT2D eigenvalue weighted by atomic mass is 10.1. The number of benzene rings is 1. The average molecular weight is 175 g/mol. The van der Waals surface area contributed by atoms with Crippen LogP contribution in [0, 0.1) is 11.8 Å². The fourth-order valence-corrected chi connectivity index (χ4v) is 1.09. The van der Waals surface area contributed by atoms with Crippen molar-refractivity contribution in [3.63, 3.8) is 0 Å². The lowest BCUT2D eigenvalue weighted by Gasteiger charge is -1.97. The van der Waals surface area contributed by atoms with E-state index in [2.05, 4.69) is 11.8 Å². The van der Waals surface area contributed by atoms with Gasteiger partial charge in [0.1, 0.15) is 0 Å². The molecule has 0 unspecified atom stereocenters. The molecule has 0 spiro atoms. The van der Waals surface area contributed by atoms with Crippen molar-refractivity contribution in [3.8, 4) is 11.8 Å². The van der Waals surface area contributed by atoms with Crippen LogP contribution in [0.4, 0.5) is 0 Å². The van der Waals surface area contributed by atoms with Crippen molar-refractivity contribution in [2.45, 2.75) is 6.42 Å². The van der Waals surface area contributed by atoms with Crippen molar-refractivity contribution in [1.29, 1.82) is 0 Å². The van der Waals surface area contributed by atoms with Crippen LogP contribution in [0.15, 0.2) is 24.3 Å². The molecule has 3 N–H and O–H groups in total. The van der Waals surface area contributed by atoms with Gasteiger partial charge in [0.2, 0.25) is 0 Å². The Kier molecular flexibility index (Phi) is 4.04. The molecule has 2 heteroatoms. The summed E-state index contributed by atoms with van der Waals surface area (Å²) < 4.78 is 0. The molecule has 68 valence electrons. The van der Waals surface area contributed by atoms with Gasteiger partial charge in [-0.25, -0.2) is 0 Å². The predicted molar refractivity (Wildman–Crippen MR) is 53.2 cm³/mol. The second-order valence-corrected chi connectivity index (χ2v) is 2.68. The van der Waals surface area contributed by atoms with Crippen LogP contribution in [-0.4, -0.2) is 18.3 Å². The number of rotatable bonds is 2. The smallest absolute Gasteiger partial charge is 0.0555 e. The monoisotopic (exact) mass is 175 g/mol. The van der Waals surface area contributed by atoms with E-state index in [1.165, 1.54) is 0 Å². The largest absolute Gasteiger partial charge is 0.396 e. The molecule has 1 rings (SSSR count). The van der Waals surface area contributed by atoms with Crippen molar-refractivity contribution in [2.24, 2.45) is 5.73 Å². The Labute approximate surface area is 78.4 Å². The zero-order chi connectivity index (χ0) is 9.52. The van der Waals surface area contributed by atoms with Gasteiger partial charge in [-0.3, -0.25) is 0 Å². The maximum Gasteiger partial charge on any atom is 0.0555 e. The summed E-state index contributed by atoms with van der Waals surface area (Å²) in [6.07, 6.45) is 0.679. The topological polar surface area (TPSA) is 46.2 Å². The first-order valence-electron chi connectivity index (χ1n) is 4.25. The van der Waals surface area contributed by atoms with Gasteiger partial charge in [0.25, 0.3) is 0 Å². The molecule has 0 atom stereocenters. The van der Waals surface area contributed by atoms with Crippen LogP contribution in [0.2, 0.25) is 0 Å². The van der Waals surface area contributed by atoms with E-state index in [9.17, 15) is 0 Å². The van der Waals surface area contributed by atoms with E-state index in [4.69, 9.17) is 10.8 Å². The van der Waals surface area contributed by atoms with Crippen LogP contribution in [0.3, 0.4) is 0 Å². The standard InChI is InChI=1S/C11H13NO/c12-7-2-5-10-3-1-4-11(9-10)6-8-13/h1,3-4,9,13H,6-8,12H2. The highest BCUT2D eigenvalue weighted by atomic mass is 16.2. The molecule has 0 saturated heterocycles. The van der Waals surface area contributed by atoms with E-state index in [0.717, 1.165) is 11.1 Å². The summed E-state index contributed by atoms with van der Waals surface area (Å²) in [7, 11) is 0.